The summed E-state index contributed by atoms with van der Waals surface area (Å²) in [4.78, 5) is 0. The number of rotatable bonds is 2. The third-order valence-electron chi connectivity index (χ3n) is 2.62. The Morgan fingerprint density at radius 2 is 1.89 bits per heavy atom. The van der Waals surface area contributed by atoms with Crippen molar-refractivity contribution in [2.24, 2.45) is 0 Å². The Morgan fingerprint density at radius 3 is 2.53 bits per heavy atom. The normalized spacial score (nSPS) is 10.1. The zero-order valence-electron chi connectivity index (χ0n) is 9.97. The zero-order valence-corrected chi connectivity index (χ0v) is 13.9. The lowest BCUT2D eigenvalue weighted by Gasteiger charge is -2.11. The second-order valence-electron chi connectivity index (χ2n) is 4.01. The van der Waals surface area contributed by atoms with Crippen LogP contribution in [-0.2, 0) is 0 Å². The van der Waals surface area contributed by atoms with E-state index in [9.17, 15) is 0 Å². The van der Waals surface area contributed by atoms with E-state index in [-0.39, 0.29) is 0 Å². The molecule has 2 aromatic carbocycles. The van der Waals surface area contributed by atoms with Crippen LogP contribution in [0.1, 0.15) is 11.1 Å². The van der Waals surface area contributed by atoms with Gasteiger partial charge in [-0.05, 0) is 74.7 Å². The highest BCUT2D eigenvalue weighted by atomic mass is 79.9. The van der Waals surface area contributed by atoms with E-state index in [0.717, 1.165) is 25.9 Å². The van der Waals surface area contributed by atoms with Crippen molar-refractivity contribution in [3.05, 3.63) is 55.4 Å². The van der Waals surface area contributed by atoms with E-state index in [0.29, 0.717) is 10.6 Å². The number of anilines is 2. The first kappa shape index (κ1) is 14.4. The van der Waals surface area contributed by atoms with Gasteiger partial charge in [0.1, 0.15) is 6.07 Å². The molecule has 0 aromatic heterocycles. The fourth-order valence-electron chi connectivity index (χ4n) is 1.58. The maximum Gasteiger partial charge on any atom is 0.100 e. The maximum atomic E-state index is 8.88. The van der Waals surface area contributed by atoms with Crippen molar-refractivity contribution in [3.8, 4) is 6.07 Å². The van der Waals surface area contributed by atoms with Gasteiger partial charge in [-0.15, -0.1) is 0 Å². The maximum absolute atomic E-state index is 8.88. The van der Waals surface area contributed by atoms with Crippen LogP contribution in [0.3, 0.4) is 0 Å². The number of hydrogen-bond acceptors (Lipinski definition) is 2. The first-order valence-corrected chi connectivity index (χ1v) is 7.40. The summed E-state index contributed by atoms with van der Waals surface area (Å²) in [7, 11) is 0. The third kappa shape index (κ3) is 3.30. The van der Waals surface area contributed by atoms with E-state index < -0.39 is 0 Å². The van der Waals surface area contributed by atoms with Crippen LogP contribution in [0.15, 0.2) is 39.3 Å². The first-order valence-electron chi connectivity index (χ1n) is 5.43. The zero-order chi connectivity index (χ0) is 14.0. The van der Waals surface area contributed by atoms with Gasteiger partial charge in [-0.3, -0.25) is 0 Å². The SMILES string of the molecule is Cc1cc(Br)c(Nc2ccc(C#N)c(Br)c2)cc1Cl. The molecular formula is C14H9Br2ClN2. The highest BCUT2D eigenvalue weighted by Crippen LogP contribution is 2.32. The molecule has 0 aliphatic rings. The highest BCUT2D eigenvalue weighted by molar-refractivity contribution is 9.11. The van der Waals surface area contributed by atoms with Gasteiger partial charge in [0.2, 0.25) is 0 Å². The van der Waals surface area contributed by atoms with Crippen LogP contribution in [0, 0.1) is 18.3 Å². The van der Waals surface area contributed by atoms with Crippen molar-refractivity contribution in [1.82, 2.24) is 0 Å². The lowest BCUT2D eigenvalue weighted by Crippen LogP contribution is -1.93. The Morgan fingerprint density at radius 1 is 1.16 bits per heavy atom. The van der Waals surface area contributed by atoms with Crippen LogP contribution >= 0.6 is 43.5 Å². The minimum absolute atomic E-state index is 0.603. The molecule has 0 saturated carbocycles. The van der Waals surface area contributed by atoms with Gasteiger partial charge in [0.05, 0.1) is 11.3 Å². The second-order valence-corrected chi connectivity index (χ2v) is 6.13. The van der Waals surface area contributed by atoms with Crippen LogP contribution in [0.2, 0.25) is 5.02 Å². The smallest absolute Gasteiger partial charge is 0.100 e. The van der Waals surface area contributed by atoms with Crippen molar-refractivity contribution in [2.75, 3.05) is 5.32 Å². The van der Waals surface area contributed by atoms with E-state index in [1.807, 2.05) is 31.2 Å². The second kappa shape index (κ2) is 5.96. The first-order chi connectivity index (χ1) is 9.01. The Balaban J connectivity index is 2.34. The molecule has 0 heterocycles. The molecule has 0 aliphatic carbocycles. The molecule has 0 bridgehead atoms. The van der Waals surface area contributed by atoms with E-state index in [2.05, 4.69) is 43.2 Å². The molecule has 0 spiro atoms. The fourth-order valence-corrected chi connectivity index (χ4v) is 2.77. The van der Waals surface area contributed by atoms with Crippen LogP contribution in [0.25, 0.3) is 0 Å². The van der Waals surface area contributed by atoms with Crippen LogP contribution < -0.4 is 5.32 Å². The Labute approximate surface area is 133 Å². The molecule has 1 N–H and O–H groups in total. The Bertz CT molecular complexity index is 678. The number of nitrogens with zero attached hydrogens (tertiary/aromatic N) is 1. The molecule has 19 heavy (non-hydrogen) atoms. The van der Waals surface area contributed by atoms with Gasteiger partial charge in [-0.1, -0.05) is 11.6 Å². The van der Waals surface area contributed by atoms with E-state index in [4.69, 9.17) is 16.9 Å². The van der Waals surface area contributed by atoms with Gasteiger partial charge in [0.25, 0.3) is 0 Å². The molecular weight excluding hydrogens is 391 g/mol. The van der Waals surface area contributed by atoms with Crippen molar-refractivity contribution in [1.29, 1.82) is 5.26 Å². The van der Waals surface area contributed by atoms with Crippen LogP contribution in [-0.4, -0.2) is 0 Å². The Hall–Kier alpha value is -1.02. The quantitative estimate of drug-likeness (QED) is 0.693. The third-order valence-corrected chi connectivity index (χ3v) is 4.34. The molecule has 5 heteroatoms. The highest BCUT2D eigenvalue weighted by Gasteiger charge is 2.06. The predicted molar refractivity (Wildman–Crippen MR) is 86.0 cm³/mol. The van der Waals surface area contributed by atoms with Crippen molar-refractivity contribution in [3.63, 3.8) is 0 Å². The molecule has 2 rings (SSSR count). The number of aryl methyl sites for hydroxylation is 1. The standard InChI is InChI=1S/C14H9Br2ClN2/c1-8-4-12(16)14(6-13(8)17)19-10-3-2-9(7-18)11(15)5-10/h2-6,19H,1H3. The van der Waals surface area contributed by atoms with Crippen molar-refractivity contribution < 1.29 is 0 Å². The molecule has 0 amide bonds. The molecule has 0 fully saturated rings. The minimum Gasteiger partial charge on any atom is -0.355 e. The lowest BCUT2D eigenvalue weighted by atomic mass is 10.2. The summed E-state index contributed by atoms with van der Waals surface area (Å²) in [6.07, 6.45) is 0. The van der Waals surface area contributed by atoms with E-state index in [1.54, 1.807) is 6.07 Å². The predicted octanol–water partition coefficient (Wildman–Crippen LogP) is 5.79. The summed E-state index contributed by atoms with van der Waals surface area (Å²) in [6, 6.07) is 11.4. The van der Waals surface area contributed by atoms with Gasteiger partial charge < -0.3 is 5.32 Å². The molecule has 0 aliphatic heterocycles. The number of hydrogen-bond donors (Lipinski definition) is 1. The number of nitriles is 1. The minimum atomic E-state index is 0.603. The van der Waals surface area contributed by atoms with Gasteiger partial charge in [0.15, 0.2) is 0 Å². The molecule has 96 valence electrons. The van der Waals surface area contributed by atoms with Crippen LogP contribution in [0.5, 0.6) is 0 Å². The van der Waals surface area contributed by atoms with E-state index in [1.165, 1.54) is 0 Å². The lowest BCUT2D eigenvalue weighted by molar-refractivity contribution is 1.42. The summed E-state index contributed by atoms with van der Waals surface area (Å²) in [5, 5.41) is 12.9. The Kier molecular flexibility index (Phi) is 4.51. The van der Waals surface area contributed by atoms with E-state index >= 15 is 0 Å². The molecule has 0 saturated heterocycles. The molecule has 0 unspecified atom stereocenters. The average molecular weight is 401 g/mol. The molecule has 2 aromatic rings. The fraction of sp³-hybridized carbons (Fsp3) is 0.0714. The van der Waals surface area contributed by atoms with Crippen molar-refractivity contribution in [2.45, 2.75) is 6.92 Å². The average Bonchev–Trinajstić information content (AvgIpc) is 2.36. The molecule has 0 radical (unpaired) electrons. The summed E-state index contributed by atoms with van der Waals surface area (Å²) in [5.41, 5.74) is 3.38. The number of nitrogens with one attached hydrogen (secondary N) is 1. The van der Waals surface area contributed by atoms with Crippen molar-refractivity contribution >= 4 is 54.8 Å². The largest absolute Gasteiger partial charge is 0.355 e. The monoisotopic (exact) mass is 398 g/mol. The molecule has 2 nitrogen and oxygen atoms in total. The van der Waals surface area contributed by atoms with Crippen LogP contribution in [0.4, 0.5) is 11.4 Å². The van der Waals surface area contributed by atoms with Gasteiger partial charge in [-0.25, -0.2) is 0 Å². The van der Waals surface area contributed by atoms with Gasteiger partial charge in [-0.2, -0.15) is 5.26 Å². The molecule has 0 atom stereocenters. The summed E-state index contributed by atoms with van der Waals surface area (Å²) in [6.45, 7) is 1.95. The summed E-state index contributed by atoms with van der Waals surface area (Å²) < 4.78 is 1.70. The summed E-state index contributed by atoms with van der Waals surface area (Å²) >= 11 is 13.0. The number of halogens is 3. The topological polar surface area (TPSA) is 35.8 Å². The number of benzene rings is 2. The summed E-state index contributed by atoms with van der Waals surface area (Å²) in [5.74, 6) is 0. The van der Waals surface area contributed by atoms with Gasteiger partial charge in [0, 0.05) is 19.7 Å². The van der Waals surface area contributed by atoms with Gasteiger partial charge >= 0.3 is 0 Å².